The Hall–Kier alpha value is -1.60. The van der Waals surface area contributed by atoms with E-state index in [1.165, 1.54) is 6.33 Å². The first-order valence-corrected chi connectivity index (χ1v) is 9.25. The first-order chi connectivity index (χ1) is 11.2. The molecule has 3 heterocycles. The lowest BCUT2D eigenvalue weighted by molar-refractivity contribution is 0.0305. The highest BCUT2D eigenvalue weighted by Crippen LogP contribution is 2.42. The summed E-state index contributed by atoms with van der Waals surface area (Å²) in [5.41, 5.74) is 0. The van der Waals surface area contributed by atoms with Crippen molar-refractivity contribution in [1.82, 2.24) is 19.7 Å². The summed E-state index contributed by atoms with van der Waals surface area (Å²) in [7, 11) is 0. The molecule has 2 aromatic heterocycles. The van der Waals surface area contributed by atoms with Crippen LogP contribution in [-0.2, 0) is 0 Å². The van der Waals surface area contributed by atoms with Crippen LogP contribution in [0, 0.1) is 11.8 Å². The van der Waals surface area contributed by atoms with Crippen molar-refractivity contribution >= 4 is 17.6 Å². The molecule has 23 heavy (non-hydrogen) atoms. The Bertz CT molecular complexity index is 664. The van der Waals surface area contributed by atoms with Gasteiger partial charge >= 0.3 is 0 Å². The predicted molar refractivity (Wildman–Crippen MR) is 89.5 cm³/mol. The van der Waals surface area contributed by atoms with Gasteiger partial charge in [-0.25, -0.2) is 14.6 Å². The highest BCUT2D eigenvalue weighted by Gasteiger charge is 2.42. The molecule has 0 amide bonds. The smallest absolute Gasteiger partial charge is 0.137 e. The van der Waals surface area contributed by atoms with Gasteiger partial charge in [0.25, 0.3) is 0 Å². The SMILES string of the molecule is CSc1cccc(N2C[C@H]3C[C@@H](n4cncn4)[C@H](O)C[C@H]3C2)n1. The van der Waals surface area contributed by atoms with E-state index in [-0.39, 0.29) is 12.1 Å². The molecule has 0 bridgehead atoms. The number of anilines is 1. The van der Waals surface area contributed by atoms with Crippen LogP contribution >= 0.6 is 11.8 Å². The minimum absolute atomic E-state index is 0.0455. The fourth-order valence-corrected chi connectivity index (χ4v) is 4.36. The van der Waals surface area contributed by atoms with Crippen LogP contribution in [0.25, 0.3) is 0 Å². The van der Waals surface area contributed by atoms with Crippen LogP contribution in [0.5, 0.6) is 0 Å². The van der Waals surface area contributed by atoms with Crippen molar-refractivity contribution < 1.29 is 5.11 Å². The average molecular weight is 331 g/mol. The van der Waals surface area contributed by atoms with E-state index < -0.39 is 0 Å². The van der Waals surface area contributed by atoms with Crippen LogP contribution in [0.2, 0.25) is 0 Å². The van der Waals surface area contributed by atoms with Crippen LogP contribution in [0.4, 0.5) is 5.82 Å². The largest absolute Gasteiger partial charge is 0.391 e. The molecule has 1 saturated heterocycles. The van der Waals surface area contributed by atoms with Gasteiger partial charge < -0.3 is 10.0 Å². The van der Waals surface area contributed by atoms with Crippen molar-refractivity contribution in [3.05, 3.63) is 30.9 Å². The second-order valence-corrected chi connectivity index (χ2v) is 7.27. The van der Waals surface area contributed by atoms with Crippen LogP contribution in [0.3, 0.4) is 0 Å². The Balaban J connectivity index is 1.51. The molecular weight excluding hydrogens is 310 g/mol. The Labute approximate surface area is 139 Å². The Morgan fingerprint density at radius 1 is 1.22 bits per heavy atom. The number of hydrogen-bond donors (Lipinski definition) is 1. The molecular formula is C16H21N5OS. The third-order valence-electron chi connectivity index (χ3n) is 5.13. The quantitative estimate of drug-likeness (QED) is 0.866. The van der Waals surface area contributed by atoms with E-state index in [9.17, 15) is 5.11 Å². The second kappa shape index (κ2) is 6.13. The van der Waals surface area contributed by atoms with Crippen LogP contribution in [0.1, 0.15) is 18.9 Å². The number of aromatic nitrogens is 4. The van der Waals surface area contributed by atoms with E-state index in [1.807, 2.05) is 10.7 Å². The maximum atomic E-state index is 10.5. The minimum Gasteiger partial charge on any atom is -0.391 e. The second-order valence-electron chi connectivity index (χ2n) is 6.44. The van der Waals surface area contributed by atoms with Crippen LogP contribution < -0.4 is 4.90 Å². The molecule has 0 unspecified atom stereocenters. The topological polar surface area (TPSA) is 67.1 Å². The van der Waals surface area contributed by atoms with E-state index in [0.717, 1.165) is 36.8 Å². The van der Waals surface area contributed by atoms with Crippen molar-refractivity contribution in [2.45, 2.75) is 30.0 Å². The number of nitrogens with zero attached hydrogens (tertiary/aromatic N) is 5. The van der Waals surface area contributed by atoms with Gasteiger partial charge in [-0.05, 0) is 43.1 Å². The molecule has 1 aliphatic carbocycles. The van der Waals surface area contributed by atoms with Crippen molar-refractivity contribution in [3.8, 4) is 0 Å². The predicted octanol–water partition coefficient (Wildman–Crippen LogP) is 1.84. The summed E-state index contributed by atoms with van der Waals surface area (Å²) in [4.78, 5) is 11.1. The molecule has 1 aliphatic heterocycles. The Kier molecular flexibility index (Phi) is 3.98. The van der Waals surface area contributed by atoms with E-state index in [4.69, 9.17) is 4.98 Å². The highest BCUT2D eigenvalue weighted by molar-refractivity contribution is 7.98. The van der Waals surface area contributed by atoms with Gasteiger partial charge in [0.1, 0.15) is 18.5 Å². The number of hydrogen-bond acceptors (Lipinski definition) is 6. The zero-order valence-electron chi connectivity index (χ0n) is 13.1. The number of aliphatic hydroxyl groups excluding tert-OH is 1. The van der Waals surface area contributed by atoms with E-state index in [0.29, 0.717) is 11.8 Å². The van der Waals surface area contributed by atoms with Crippen molar-refractivity contribution in [2.75, 3.05) is 24.2 Å². The molecule has 0 radical (unpaired) electrons. The molecule has 122 valence electrons. The fourth-order valence-electron chi connectivity index (χ4n) is 3.96. The van der Waals surface area contributed by atoms with Gasteiger partial charge in [-0.3, -0.25) is 0 Å². The van der Waals surface area contributed by atoms with Crippen molar-refractivity contribution in [1.29, 1.82) is 0 Å². The molecule has 2 aliphatic rings. The van der Waals surface area contributed by atoms with E-state index in [2.05, 4.69) is 33.4 Å². The zero-order valence-corrected chi connectivity index (χ0v) is 13.9. The number of thioether (sulfide) groups is 1. The van der Waals surface area contributed by atoms with Gasteiger partial charge in [-0.15, -0.1) is 11.8 Å². The van der Waals surface area contributed by atoms with Crippen molar-refractivity contribution in [2.24, 2.45) is 11.8 Å². The van der Waals surface area contributed by atoms with Crippen LogP contribution in [-0.4, -0.2) is 50.3 Å². The number of pyridine rings is 1. The zero-order chi connectivity index (χ0) is 15.8. The number of aliphatic hydroxyl groups is 1. The van der Waals surface area contributed by atoms with Crippen molar-refractivity contribution in [3.63, 3.8) is 0 Å². The summed E-state index contributed by atoms with van der Waals surface area (Å²) in [5.74, 6) is 2.16. The molecule has 2 fully saturated rings. The molecule has 6 nitrogen and oxygen atoms in total. The summed E-state index contributed by atoms with van der Waals surface area (Å²) in [6.45, 7) is 1.99. The molecule has 1 saturated carbocycles. The maximum absolute atomic E-state index is 10.5. The molecule has 0 aromatic carbocycles. The lowest BCUT2D eigenvalue weighted by atomic mass is 9.77. The van der Waals surface area contributed by atoms with Gasteiger partial charge in [0.2, 0.25) is 0 Å². The highest BCUT2D eigenvalue weighted by atomic mass is 32.2. The monoisotopic (exact) mass is 331 g/mol. The molecule has 4 rings (SSSR count). The summed E-state index contributed by atoms with van der Waals surface area (Å²) in [6.07, 6.45) is 6.74. The average Bonchev–Trinajstić information content (AvgIpc) is 3.23. The lowest BCUT2D eigenvalue weighted by Gasteiger charge is -2.34. The summed E-state index contributed by atoms with van der Waals surface area (Å²) in [6, 6.07) is 6.25. The maximum Gasteiger partial charge on any atom is 0.137 e. The number of fused-ring (bicyclic) bond motifs is 1. The minimum atomic E-state index is -0.344. The first-order valence-electron chi connectivity index (χ1n) is 8.03. The number of rotatable bonds is 3. The van der Waals surface area contributed by atoms with Gasteiger partial charge in [-0.2, -0.15) is 5.10 Å². The molecule has 4 atom stereocenters. The van der Waals surface area contributed by atoms with Gasteiger partial charge in [0.05, 0.1) is 17.2 Å². The van der Waals surface area contributed by atoms with Gasteiger partial charge in [-0.1, -0.05) is 6.07 Å². The lowest BCUT2D eigenvalue weighted by Crippen LogP contribution is -2.36. The fraction of sp³-hybridized carbons (Fsp3) is 0.562. The third-order valence-corrected chi connectivity index (χ3v) is 5.77. The van der Waals surface area contributed by atoms with E-state index in [1.54, 1.807) is 18.1 Å². The first kappa shape index (κ1) is 15.0. The molecule has 7 heteroatoms. The Morgan fingerprint density at radius 3 is 2.78 bits per heavy atom. The summed E-state index contributed by atoms with van der Waals surface area (Å²) in [5, 5.41) is 15.8. The van der Waals surface area contributed by atoms with Gasteiger partial charge in [0.15, 0.2) is 0 Å². The summed E-state index contributed by atoms with van der Waals surface area (Å²) >= 11 is 1.67. The molecule has 0 spiro atoms. The Morgan fingerprint density at radius 2 is 2.04 bits per heavy atom. The third kappa shape index (κ3) is 2.83. The molecule has 1 N–H and O–H groups in total. The van der Waals surface area contributed by atoms with Gasteiger partial charge in [0, 0.05) is 13.1 Å². The summed E-state index contributed by atoms with van der Waals surface area (Å²) < 4.78 is 1.82. The van der Waals surface area contributed by atoms with E-state index >= 15 is 0 Å². The van der Waals surface area contributed by atoms with Crippen LogP contribution in [0.15, 0.2) is 35.9 Å². The molecule has 2 aromatic rings. The standard InChI is InChI=1S/C16H21N5OS/c1-23-16-4-2-3-15(19-16)20-7-11-5-13(21-10-17-9-18-21)14(22)6-12(11)8-20/h2-4,9-14,22H,5-8H2,1H3/t11-,12+,13-,14-/m1/s1. The normalized spacial score (nSPS) is 30.4.